The molecule has 0 bridgehead atoms. The zero-order valence-corrected chi connectivity index (χ0v) is 10.9. The summed E-state index contributed by atoms with van der Waals surface area (Å²) in [6.45, 7) is 1.39. The van der Waals surface area contributed by atoms with Crippen molar-refractivity contribution < 1.29 is 9.90 Å². The third-order valence-electron chi connectivity index (χ3n) is 3.63. The highest BCUT2D eigenvalue weighted by molar-refractivity contribution is 5.74. The van der Waals surface area contributed by atoms with Gasteiger partial charge in [0.1, 0.15) is 6.04 Å². The summed E-state index contributed by atoms with van der Waals surface area (Å²) < 4.78 is 0. The van der Waals surface area contributed by atoms with Crippen molar-refractivity contribution in [2.24, 2.45) is 0 Å². The van der Waals surface area contributed by atoms with E-state index in [0.29, 0.717) is 18.8 Å². The zero-order valence-electron chi connectivity index (χ0n) is 10.9. The van der Waals surface area contributed by atoms with Crippen LogP contribution in [-0.4, -0.2) is 49.2 Å². The number of aliphatic carboxylic acids is 1. The average Bonchev–Trinajstić information content (AvgIpc) is 3.09. The van der Waals surface area contributed by atoms with Crippen LogP contribution in [0.2, 0.25) is 0 Å². The molecule has 1 aliphatic heterocycles. The minimum absolute atomic E-state index is 0.395. The van der Waals surface area contributed by atoms with E-state index in [1.165, 1.54) is 0 Å². The topological polar surface area (TPSA) is 95.0 Å². The first-order valence-corrected chi connectivity index (χ1v) is 6.54. The van der Waals surface area contributed by atoms with Crippen LogP contribution in [0.5, 0.6) is 0 Å². The first kappa shape index (κ1) is 12.7. The molecule has 7 nitrogen and oxygen atoms in total. The van der Waals surface area contributed by atoms with Crippen molar-refractivity contribution in [3.05, 3.63) is 29.8 Å². The number of carbonyl (C=O) groups is 1. The molecular formula is C13H15N5O2. The molecule has 1 atom stereocenters. The van der Waals surface area contributed by atoms with Crippen LogP contribution in [0, 0.1) is 0 Å². The van der Waals surface area contributed by atoms with Gasteiger partial charge in [0.15, 0.2) is 0 Å². The number of likely N-dealkylation sites (tertiary alicyclic amines) is 1. The molecule has 1 aromatic carbocycles. The number of tetrazole rings is 1. The predicted molar refractivity (Wildman–Crippen MR) is 70.7 cm³/mol. The smallest absolute Gasteiger partial charge is 0.320 e. The highest BCUT2D eigenvalue weighted by Gasteiger charge is 2.30. The summed E-state index contributed by atoms with van der Waals surface area (Å²) in [5.41, 5.74) is 1.90. The molecule has 3 rings (SSSR count). The van der Waals surface area contributed by atoms with Gasteiger partial charge in [-0.1, -0.05) is 24.3 Å². The molecule has 0 radical (unpaired) electrons. The van der Waals surface area contributed by atoms with Gasteiger partial charge in [-0.2, -0.15) is 5.21 Å². The Morgan fingerprint density at radius 2 is 2.30 bits per heavy atom. The normalized spacial score (nSPS) is 19.3. The number of aromatic nitrogens is 4. The molecule has 7 heteroatoms. The van der Waals surface area contributed by atoms with Crippen LogP contribution in [0.3, 0.4) is 0 Å². The van der Waals surface area contributed by atoms with Crippen molar-refractivity contribution in [3.63, 3.8) is 0 Å². The number of benzene rings is 1. The predicted octanol–water partition coefficient (Wildman–Crippen LogP) is 0.916. The van der Waals surface area contributed by atoms with Crippen LogP contribution in [0.1, 0.15) is 18.4 Å². The maximum Gasteiger partial charge on any atom is 0.320 e. The number of hydrogen-bond donors (Lipinski definition) is 2. The number of carboxylic acids is 1. The third kappa shape index (κ3) is 2.39. The minimum atomic E-state index is -0.750. The molecule has 1 saturated heterocycles. The lowest BCUT2D eigenvalue weighted by molar-refractivity contribution is -0.142. The standard InChI is InChI=1S/C13H15N5O2/c19-13(20)11-6-3-7-18(11)8-9-4-1-2-5-10(9)12-14-16-17-15-12/h1-2,4-5,11H,3,6-8H2,(H,19,20)(H,14,15,16,17). The van der Waals surface area contributed by atoms with Gasteiger partial charge in [0.25, 0.3) is 0 Å². The monoisotopic (exact) mass is 273 g/mol. The largest absolute Gasteiger partial charge is 0.480 e. The van der Waals surface area contributed by atoms with Crippen molar-refractivity contribution in [1.29, 1.82) is 0 Å². The second kappa shape index (κ2) is 5.38. The quantitative estimate of drug-likeness (QED) is 0.860. The van der Waals surface area contributed by atoms with Gasteiger partial charge in [-0.25, -0.2) is 0 Å². The summed E-state index contributed by atoms with van der Waals surface area (Å²) in [7, 11) is 0. The number of carboxylic acid groups (broad SMARTS) is 1. The molecular weight excluding hydrogens is 258 g/mol. The Bertz CT molecular complexity index is 599. The van der Waals surface area contributed by atoms with E-state index in [9.17, 15) is 9.90 Å². The van der Waals surface area contributed by atoms with Gasteiger partial charge in [-0.15, -0.1) is 10.2 Å². The van der Waals surface area contributed by atoms with Crippen LogP contribution < -0.4 is 0 Å². The van der Waals surface area contributed by atoms with Crippen LogP contribution in [0.25, 0.3) is 11.4 Å². The number of hydrogen-bond acceptors (Lipinski definition) is 5. The molecule has 1 aromatic heterocycles. The molecule has 0 saturated carbocycles. The van der Waals surface area contributed by atoms with Crippen molar-refractivity contribution >= 4 is 5.97 Å². The molecule has 2 N–H and O–H groups in total. The fraction of sp³-hybridized carbons (Fsp3) is 0.385. The summed E-state index contributed by atoms with van der Waals surface area (Å²) in [5.74, 6) is -0.216. The van der Waals surface area contributed by atoms with Crippen LogP contribution in [0.4, 0.5) is 0 Å². The van der Waals surface area contributed by atoms with Crippen molar-refractivity contribution in [2.75, 3.05) is 6.54 Å². The first-order chi connectivity index (χ1) is 9.75. The number of nitrogens with one attached hydrogen (secondary N) is 1. The lowest BCUT2D eigenvalue weighted by atomic mass is 10.1. The van der Waals surface area contributed by atoms with Crippen molar-refractivity contribution in [2.45, 2.75) is 25.4 Å². The van der Waals surface area contributed by atoms with E-state index >= 15 is 0 Å². The molecule has 20 heavy (non-hydrogen) atoms. The van der Waals surface area contributed by atoms with Gasteiger partial charge in [0, 0.05) is 12.1 Å². The van der Waals surface area contributed by atoms with E-state index in [1.54, 1.807) is 0 Å². The van der Waals surface area contributed by atoms with Crippen molar-refractivity contribution in [1.82, 2.24) is 25.5 Å². The highest BCUT2D eigenvalue weighted by Crippen LogP contribution is 2.25. The number of rotatable bonds is 4. The third-order valence-corrected chi connectivity index (χ3v) is 3.63. The van der Waals surface area contributed by atoms with Gasteiger partial charge >= 0.3 is 5.97 Å². The maximum atomic E-state index is 11.2. The van der Waals surface area contributed by atoms with Gasteiger partial charge < -0.3 is 5.11 Å². The molecule has 0 spiro atoms. The maximum absolute atomic E-state index is 11.2. The second-order valence-electron chi connectivity index (χ2n) is 4.86. The average molecular weight is 273 g/mol. The Balaban J connectivity index is 1.86. The summed E-state index contributed by atoms with van der Waals surface area (Å²) >= 11 is 0. The van der Waals surface area contributed by atoms with Gasteiger partial charge in [-0.05, 0) is 30.2 Å². The van der Waals surface area contributed by atoms with Gasteiger partial charge in [0.2, 0.25) is 5.82 Å². The molecule has 0 amide bonds. The Labute approximate surface area is 115 Å². The molecule has 2 aromatic rings. The number of H-pyrrole nitrogens is 1. The second-order valence-corrected chi connectivity index (χ2v) is 4.86. The number of aromatic amines is 1. The van der Waals surface area contributed by atoms with Crippen LogP contribution in [-0.2, 0) is 11.3 Å². The Morgan fingerprint density at radius 1 is 1.45 bits per heavy atom. The fourth-order valence-electron chi connectivity index (χ4n) is 2.67. The summed E-state index contributed by atoms with van der Waals surface area (Å²) in [5, 5.41) is 23.2. The molecule has 2 heterocycles. The van der Waals surface area contributed by atoms with E-state index in [-0.39, 0.29) is 0 Å². The Kier molecular flexibility index (Phi) is 3.42. The van der Waals surface area contributed by atoms with Gasteiger partial charge in [-0.3, -0.25) is 9.69 Å². The highest BCUT2D eigenvalue weighted by atomic mass is 16.4. The van der Waals surface area contributed by atoms with Gasteiger partial charge in [0.05, 0.1) is 0 Å². The molecule has 1 unspecified atom stereocenters. The van der Waals surface area contributed by atoms with E-state index in [4.69, 9.17) is 0 Å². The summed E-state index contributed by atoms with van der Waals surface area (Å²) in [4.78, 5) is 13.2. The summed E-state index contributed by atoms with van der Waals surface area (Å²) in [6, 6.07) is 7.35. The lowest BCUT2D eigenvalue weighted by Gasteiger charge is -2.21. The molecule has 1 aliphatic rings. The molecule has 0 aliphatic carbocycles. The van der Waals surface area contributed by atoms with E-state index in [0.717, 1.165) is 24.1 Å². The number of nitrogens with zero attached hydrogens (tertiary/aromatic N) is 4. The molecule has 1 fully saturated rings. The SMILES string of the molecule is O=C(O)C1CCCN1Cc1ccccc1-c1nn[nH]n1. The Hall–Kier alpha value is -2.28. The first-order valence-electron chi connectivity index (χ1n) is 6.54. The Morgan fingerprint density at radius 3 is 3.05 bits per heavy atom. The van der Waals surface area contributed by atoms with Crippen LogP contribution >= 0.6 is 0 Å². The zero-order chi connectivity index (χ0) is 13.9. The minimum Gasteiger partial charge on any atom is -0.480 e. The fourth-order valence-corrected chi connectivity index (χ4v) is 2.67. The van der Waals surface area contributed by atoms with E-state index in [1.807, 2.05) is 29.2 Å². The van der Waals surface area contributed by atoms with Crippen LogP contribution in [0.15, 0.2) is 24.3 Å². The molecule has 104 valence electrons. The van der Waals surface area contributed by atoms with Crippen molar-refractivity contribution in [3.8, 4) is 11.4 Å². The van der Waals surface area contributed by atoms with E-state index in [2.05, 4.69) is 20.6 Å². The lowest BCUT2D eigenvalue weighted by Crippen LogP contribution is -2.35. The summed E-state index contributed by atoms with van der Waals surface area (Å²) in [6.07, 6.45) is 1.63. The van der Waals surface area contributed by atoms with E-state index < -0.39 is 12.0 Å².